The van der Waals surface area contributed by atoms with Crippen LogP contribution in [0.1, 0.15) is 68.2 Å². The molecule has 50 heavy (non-hydrogen) atoms. The highest BCUT2D eigenvalue weighted by atomic mass is 35.7. The maximum absolute atomic E-state index is 12.5. The van der Waals surface area contributed by atoms with Crippen LogP contribution < -0.4 is 15.2 Å². The van der Waals surface area contributed by atoms with Gasteiger partial charge in [0.05, 0.1) is 28.8 Å². The zero-order valence-corrected chi connectivity index (χ0v) is 33.4. The minimum Gasteiger partial charge on any atom is -0.491 e. The van der Waals surface area contributed by atoms with Gasteiger partial charge < -0.3 is 24.7 Å². The van der Waals surface area contributed by atoms with Gasteiger partial charge in [-0.05, 0) is 93.6 Å². The minimum absolute atomic E-state index is 0. The molecule has 2 aromatic rings. The summed E-state index contributed by atoms with van der Waals surface area (Å²) in [7, 11) is 1.63. The molecule has 13 nitrogen and oxygen atoms in total. The largest absolute Gasteiger partial charge is 0.491 e. The average molecular weight is 791 g/mol. The fourth-order valence-corrected chi connectivity index (χ4v) is 7.70. The molecule has 0 saturated heterocycles. The predicted octanol–water partition coefficient (Wildman–Crippen LogP) is 5.55. The number of benzene rings is 2. The van der Waals surface area contributed by atoms with Crippen LogP contribution in [0, 0.1) is 27.7 Å². The molecule has 0 saturated carbocycles. The molecular weight excluding hydrogens is 737 g/mol. The Kier molecular flexibility index (Phi) is 34.6. The zero-order chi connectivity index (χ0) is 38.5. The molecule has 0 heterocycles. The Morgan fingerprint density at radius 1 is 0.640 bits per heavy atom. The highest BCUT2D eigenvalue weighted by Gasteiger charge is 2.20. The Bertz CT molecular complexity index is 1430. The Morgan fingerprint density at radius 2 is 0.980 bits per heavy atom. The normalized spacial score (nSPS) is 9.96. The molecule has 0 unspecified atom stereocenters. The minimum atomic E-state index is -3.71. The zero-order valence-electron chi connectivity index (χ0n) is 30.2. The van der Waals surface area contributed by atoms with Crippen molar-refractivity contribution < 1.29 is 55.0 Å². The third-order valence-corrected chi connectivity index (χ3v) is 9.80. The van der Waals surface area contributed by atoms with Crippen molar-refractivity contribution in [2.75, 3.05) is 52.9 Å². The third-order valence-electron chi connectivity index (χ3n) is 6.11. The van der Waals surface area contributed by atoms with E-state index in [0.717, 1.165) is 30.5 Å². The van der Waals surface area contributed by atoms with Crippen LogP contribution in [0.3, 0.4) is 0 Å². The van der Waals surface area contributed by atoms with Crippen LogP contribution in [0.25, 0.3) is 0 Å². The number of carbonyl (C=O) groups excluding carboxylic acids is 4. The van der Waals surface area contributed by atoms with E-state index in [4.69, 9.17) is 54.5 Å². The van der Waals surface area contributed by atoms with Crippen LogP contribution in [0.2, 0.25) is 0 Å². The van der Waals surface area contributed by atoms with Crippen molar-refractivity contribution in [3.8, 4) is 11.5 Å². The van der Waals surface area contributed by atoms with E-state index in [-0.39, 0.29) is 35.4 Å². The Morgan fingerprint density at radius 3 is 1.24 bits per heavy atom. The third kappa shape index (κ3) is 25.2. The van der Waals surface area contributed by atoms with Crippen LogP contribution in [0.4, 0.5) is 0 Å². The standard InChI is InChI=1S/C16H26O4S.C11H15ClO4S.C4H11N.2CO2.ClH/c1-5-6-7-10-21(17,18)16-13(2)11-15(12-14(16)3)20-9-8-19-4;1-8-6-10(16-5-4-15-3)7-9(2)11(8)17(12,13)14;1-2-3-4-5;2*2-1-3;/h11-12H,5-10H2,1-4H3;6-7H,4-5H2,1-3H3;2-5H2,1H3;;;1H. The van der Waals surface area contributed by atoms with Crippen molar-refractivity contribution in [3.05, 3.63) is 46.5 Å². The first-order valence-corrected chi connectivity index (χ1v) is 19.3. The molecule has 2 rings (SSSR count). The van der Waals surface area contributed by atoms with Crippen LogP contribution in [0.15, 0.2) is 34.1 Å². The summed E-state index contributed by atoms with van der Waals surface area (Å²) in [6.07, 6.45) is 5.55. The van der Waals surface area contributed by atoms with Gasteiger partial charge in [-0.15, -0.1) is 12.4 Å². The monoisotopic (exact) mass is 789 g/mol. The molecule has 0 aliphatic heterocycles. The van der Waals surface area contributed by atoms with Crippen LogP contribution in [0.5, 0.6) is 11.5 Å². The van der Waals surface area contributed by atoms with E-state index >= 15 is 0 Å². The van der Waals surface area contributed by atoms with E-state index in [1.165, 1.54) is 12.8 Å². The van der Waals surface area contributed by atoms with Crippen molar-refractivity contribution in [1.29, 1.82) is 0 Å². The molecule has 0 aliphatic rings. The molecule has 0 radical (unpaired) electrons. The van der Waals surface area contributed by atoms with Crippen molar-refractivity contribution >= 4 is 54.3 Å². The predicted molar refractivity (Wildman–Crippen MR) is 192 cm³/mol. The van der Waals surface area contributed by atoms with Gasteiger partial charge in [-0.3, -0.25) is 0 Å². The summed E-state index contributed by atoms with van der Waals surface area (Å²) in [6, 6.07) is 6.88. The quantitative estimate of drug-likeness (QED) is 0.164. The Balaban J connectivity index is -0.000000325. The summed E-state index contributed by atoms with van der Waals surface area (Å²) >= 11 is 0. The second-order valence-corrected chi connectivity index (χ2v) is 14.8. The maximum atomic E-state index is 12.5. The van der Waals surface area contributed by atoms with Gasteiger partial charge in [0.2, 0.25) is 0 Å². The number of sulfone groups is 1. The van der Waals surface area contributed by atoms with Crippen LogP contribution in [-0.2, 0) is 47.5 Å². The molecular formula is C33H53Cl2NO12S2. The molecule has 0 amide bonds. The molecule has 0 bridgehead atoms. The van der Waals surface area contributed by atoms with E-state index in [0.29, 0.717) is 60.4 Å². The summed E-state index contributed by atoms with van der Waals surface area (Å²) in [5.41, 5.74) is 7.79. The average Bonchev–Trinajstić information content (AvgIpc) is 2.98. The first kappa shape index (κ1) is 53.9. The van der Waals surface area contributed by atoms with Crippen molar-refractivity contribution in [2.45, 2.75) is 83.4 Å². The Hall–Kier alpha value is -2.84. The first-order valence-electron chi connectivity index (χ1n) is 15.3. The molecule has 288 valence electrons. The number of unbranched alkanes of at least 4 members (excludes halogenated alkanes) is 3. The van der Waals surface area contributed by atoms with Crippen molar-refractivity contribution in [2.24, 2.45) is 5.73 Å². The van der Waals surface area contributed by atoms with E-state index in [9.17, 15) is 16.8 Å². The number of nitrogens with two attached hydrogens (primary N) is 1. The molecule has 0 atom stereocenters. The lowest BCUT2D eigenvalue weighted by molar-refractivity contribution is -0.193. The van der Waals surface area contributed by atoms with Gasteiger partial charge in [0.15, 0.2) is 9.84 Å². The molecule has 0 fully saturated rings. The second-order valence-electron chi connectivity index (χ2n) is 10.2. The van der Waals surface area contributed by atoms with Crippen LogP contribution >= 0.6 is 23.1 Å². The molecule has 2 aromatic carbocycles. The van der Waals surface area contributed by atoms with Gasteiger partial charge in [-0.1, -0.05) is 33.1 Å². The summed E-state index contributed by atoms with van der Waals surface area (Å²) in [5, 5.41) is 0. The maximum Gasteiger partial charge on any atom is 0.373 e. The smallest absolute Gasteiger partial charge is 0.373 e. The number of halogens is 2. The number of ether oxygens (including phenoxy) is 4. The van der Waals surface area contributed by atoms with Gasteiger partial charge in [0, 0.05) is 24.9 Å². The highest BCUT2D eigenvalue weighted by Crippen LogP contribution is 2.29. The number of hydrogen-bond acceptors (Lipinski definition) is 13. The van der Waals surface area contributed by atoms with Gasteiger partial charge in [-0.25, -0.2) is 16.8 Å². The van der Waals surface area contributed by atoms with Crippen molar-refractivity contribution in [3.63, 3.8) is 0 Å². The van der Waals surface area contributed by atoms with Gasteiger partial charge in [-0.2, -0.15) is 19.2 Å². The Labute approximate surface area is 308 Å². The highest BCUT2D eigenvalue weighted by molar-refractivity contribution is 8.13. The first-order chi connectivity index (χ1) is 23.0. The lowest BCUT2D eigenvalue weighted by atomic mass is 10.1. The summed E-state index contributed by atoms with van der Waals surface area (Å²) in [6.45, 7) is 13.9. The van der Waals surface area contributed by atoms with Gasteiger partial charge in [0.25, 0.3) is 9.05 Å². The summed E-state index contributed by atoms with van der Waals surface area (Å²) in [5.74, 6) is 1.52. The molecule has 0 aromatic heterocycles. The number of methoxy groups -OCH3 is 2. The van der Waals surface area contributed by atoms with Gasteiger partial charge in [0.1, 0.15) is 24.7 Å². The topological polar surface area (TPSA) is 199 Å². The number of aryl methyl sites for hydroxylation is 4. The van der Waals surface area contributed by atoms with E-state index < -0.39 is 18.9 Å². The number of rotatable bonds is 16. The fourth-order valence-electron chi connectivity index (χ4n) is 4.20. The van der Waals surface area contributed by atoms with E-state index in [1.807, 2.05) is 13.8 Å². The summed E-state index contributed by atoms with van der Waals surface area (Å²) < 4.78 is 68.4. The molecule has 0 spiro atoms. The van der Waals surface area contributed by atoms with Crippen molar-refractivity contribution in [1.82, 2.24) is 0 Å². The van der Waals surface area contributed by atoms with E-state index in [2.05, 4.69) is 13.8 Å². The van der Waals surface area contributed by atoms with Crippen LogP contribution in [-0.4, -0.2) is 82.1 Å². The second kappa shape index (κ2) is 32.1. The number of hydrogen-bond donors (Lipinski definition) is 1. The molecule has 2 N–H and O–H groups in total. The summed E-state index contributed by atoms with van der Waals surface area (Å²) in [4.78, 5) is 33.1. The van der Waals surface area contributed by atoms with E-state index in [1.54, 1.807) is 52.3 Å². The van der Waals surface area contributed by atoms with Gasteiger partial charge >= 0.3 is 12.3 Å². The lowest BCUT2D eigenvalue weighted by Crippen LogP contribution is -2.11. The molecule has 0 aliphatic carbocycles. The fraction of sp³-hybridized carbons (Fsp3) is 0.576. The lowest BCUT2D eigenvalue weighted by Gasteiger charge is -2.14. The SMILES string of the molecule is CCCCCS(=O)(=O)c1c(C)cc(OCCOC)cc1C.CCCCN.COCCOc1cc(C)c(S(=O)(=O)Cl)c(C)c1.Cl.O=C=O.O=C=O. The molecule has 17 heteroatoms.